The molecule has 5 N–H and O–H groups in total. The van der Waals surface area contributed by atoms with Crippen molar-refractivity contribution in [3.8, 4) is 0 Å². The summed E-state index contributed by atoms with van der Waals surface area (Å²) in [5.74, 6) is 0.913. The molecule has 0 aromatic carbocycles. The smallest absolute Gasteiger partial charge is 0.404 e. The molecule has 1 aromatic heterocycles. The number of anilines is 2. The van der Waals surface area contributed by atoms with Crippen molar-refractivity contribution in [2.24, 2.45) is 5.73 Å². The third-order valence-electron chi connectivity index (χ3n) is 1.32. The van der Waals surface area contributed by atoms with Crippen LogP contribution in [0.2, 0.25) is 0 Å². The summed E-state index contributed by atoms with van der Waals surface area (Å²) < 4.78 is 4.49. The zero-order chi connectivity index (χ0) is 10.4. The van der Waals surface area contributed by atoms with E-state index in [1.54, 1.807) is 0 Å². The van der Waals surface area contributed by atoms with Crippen LogP contribution in [0.5, 0.6) is 0 Å². The molecule has 1 amide bonds. The Morgan fingerprint density at radius 2 is 2.29 bits per heavy atom. The molecule has 0 fully saturated rings. The lowest BCUT2D eigenvalue weighted by Gasteiger charge is -2.04. The van der Waals surface area contributed by atoms with Gasteiger partial charge in [0.2, 0.25) is 0 Å². The van der Waals surface area contributed by atoms with E-state index in [0.717, 1.165) is 0 Å². The van der Waals surface area contributed by atoms with Crippen LogP contribution in [0.3, 0.4) is 0 Å². The predicted octanol–water partition coefficient (Wildman–Crippen LogP) is -0.434. The van der Waals surface area contributed by atoms with E-state index in [4.69, 9.17) is 11.5 Å². The predicted molar refractivity (Wildman–Crippen MR) is 50.5 cm³/mol. The molecule has 7 nitrogen and oxygen atoms in total. The van der Waals surface area contributed by atoms with Gasteiger partial charge in [0.05, 0.1) is 18.9 Å². The number of nitrogens with one attached hydrogen (secondary N) is 1. The summed E-state index contributed by atoms with van der Waals surface area (Å²) in [5.41, 5.74) is 10.1. The maximum Gasteiger partial charge on any atom is 0.404 e. The van der Waals surface area contributed by atoms with Crippen LogP contribution in [0.15, 0.2) is 12.4 Å². The van der Waals surface area contributed by atoms with Crippen LogP contribution in [0.25, 0.3) is 0 Å². The van der Waals surface area contributed by atoms with Gasteiger partial charge in [-0.15, -0.1) is 0 Å². The van der Waals surface area contributed by atoms with Crippen LogP contribution in [0.1, 0.15) is 0 Å². The maximum absolute atomic E-state index is 10.2. The minimum Gasteiger partial charge on any atom is -0.448 e. The van der Waals surface area contributed by atoms with E-state index in [2.05, 4.69) is 20.0 Å². The van der Waals surface area contributed by atoms with Gasteiger partial charge in [0.15, 0.2) is 0 Å². The number of hydrogen-bond acceptors (Lipinski definition) is 6. The van der Waals surface area contributed by atoms with Crippen molar-refractivity contribution in [3.05, 3.63) is 12.4 Å². The molecule has 0 aliphatic rings. The van der Waals surface area contributed by atoms with Gasteiger partial charge in [0.1, 0.15) is 18.2 Å². The molecule has 0 bridgehead atoms. The maximum atomic E-state index is 10.2. The Kier molecular flexibility index (Phi) is 3.48. The standard InChI is InChI=1S/C7H11N5O2/c8-5-3-12-6(4-11-5)10-1-2-14-7(9)13/h3-4H,1-2H2,(H2,8,11)(H2,9,13)(H,10,12). The van der Waals surface area contributed by atoms with Crippen molar-refractivity contribution >= 4 is 17.7 Å². The van der Waals surface area contributed by atoms with Crippen LogP contribution >= 0.6 is 0 Å². The molecule has 14 heavy (non-hydrogen) atoms. The molecular weight excluding hydrogens is 186 g/mol. The Bertz CT molecular complexity index is 299. The molecule has 0 aliphatic heterocycles. The molecule has 0 unspecified atom stereocenters. The van der Waals surface area contributed by atoms with Crippen LogP contribution in [-0.4, -0.2) is 29.2 Å². The summed E-state index contributed by atoms with van der Waals surface area (Å²) in [4.78, 5) is 17.9. The second kappa shape index (κ2) is 4.85. The lowest BCUT2D eigenvalue weighted by atomic mass is 10.6. The molecule has 0 spiro atoms. The zero-order valence-corrected chi connectivity index (χ0v) is 7.43. The van der Waals surface area contributed by atoms with E-state index in [-0.39, 0.29) is 6.61 Å². The van der Waals surface area contributed by atoms with Gasteiger partial charge in [-0.1, -0.05) is 0 Å². The van der Waals surface area contributed by atoms with Crippen LogP contribution in [0.4, 0.5) is 16.4 Å². The Morgan fingerprint density at radius 1 is 1.50 bits per heavy atom. The highest BCUT2D eigenvalue weighted by atomic mass is 16.5. The second-order valence-electron chi connectivity index (χ2n) is 2.42. The lowest BCUT2D eigenvalue weighted by molar-refractivity contribution is 0.161. The minimum atomic E-state index is -0.796. The number of rotatable bonds is 4. The molecule has 0 radical (unpaired) electrons. The number of amides is 1. The molecule has 76 valence electrons. The summed E-state index contributed by atoms with van der Waals surface area (Å²) in [7, 11) is 0. The van der Waals surface area contributed by atoms with Crippen molar-refractivity contribution in [3.63, 3.8) is 0 Å². The zero-order valence-electron chi connectivity index (χ0n) is 7.43. The van der Waals surface area contributed by atoms with Crippen molar-refractivity contribution in [2.45, 2.75) is 0 Å². The molecule has 7 heteroatoms. The summed E-state index contributed by atoms with van der Waals surface area (Å²) in [6.45, 7) is 0.600. The lowest BCUT2D eigenvalue weighted by Crippen LogP contribution is -2.18. The Labute approximate surface area is 80.5 Å². The first-order valence-electron chi connectivity index (χ1n) is 3.92. The monoisotopic (exact) mass is 197 g/mol. The van der Waals surface area contributed by atoms with Crippen molar-refractivity contribution < 1.29 is 9.53 Å². The fourth-order valence-corrected chi connectivity index (χ4v) is 0.760. The first kappa shape index (κ1) is 10.0. The van der Waals surface area contributed by atoms with E-state index >= 15 is 0 Å². The van der Waals surface area contributed by atoms with E-state index in [0.29, 0.717) is 18.2 Å². The normalized spacial score (nSPS) is 9.43. The average molecular weight is 197 g/mol. The van der Waals surface area contributed by atoms with E-state index in [1.807, 2.05) is 0 Å². The molecule has 0 saturated carbocycles. The van der Waals surface area contributed by atoms with E-state index in [9.17, 15) is 4.79 Å². The number of hydrogen-bond donors (Lipinski definition) is 3. The van der Waals surface area contributed by atoms with Gasteiger partial charge >= 0.3 is 6.09 Å². The molecule has 0 atom stereocenters. The van der Waals surface area contributed by atoms with Gasteiger partial charge in [-0.05, 0) is 0 Å². The first-order chi connectivity index (χ1) is 6.68. The minimum absolute atomic E-state index is 0.182. The highest BCUT2D eigenvalue weighted by molar-refractivity contribution is 5.64. The fraction of sp³-hybridized carbons (Fsp3) is 0.286. The Balaban J connectivity index is 2.25. The molecule has 0 saturated heterocycles. The summed E-state index contributed by atoms with van der Waals surface area (Å²) in [6, 6.07) is 0. The quantitative estimate of drug-likeness (QED) is 0.564. The number of ether oxygens (including phenoxy) is 1. The Hall–Kier alpha value is -2.05. The fourth-order valence-electron chi connectivity index (χ4n) is 0.760. The molecule has 1 rings (SSSR count). The summed E-state index contributed by atoms with van der Waals surface area (Å²) in [5, 5.41) is 2.87. The van der Waals surface area contributed by atoms with E-state index in [1.165, 1.54) is 12.4 Å². The highest BCUT2D eigenvalue weighted by Gasteiger charge is 1.95. The Morgan fingerprint density at radius 3 is 2.86 bits per heavy atom. The number of primary amides is 1. The molecule has 0 aliphatic carbocycles. The van der Waals surface area contributed by atoms with E-state index < -0.39 is 6.09 Å². The van der Waals surface area contributed by atoms with Crippen molar-refractivity contribution in [2.75, 3.05) is 24.2 Å². The third-order valence-corrected chi connectivity index (χ3v) is 1.32. The van der Waals surface area contributed by atoms with Gasteiger partial charge in [-0.2, -0.15) is 0 Å². The largest absolute Gasteiger partial charge is 0.448 e. The van der Waals surface area contributed by atoms with Gasteiger partial charge in [-0.25, -0.2) is 14.8 Å². The average Bonchev–Trinajstić information content (AvgIpc) is 2.15. The topological polar surface area (TPSA) is 116 Å². The molecular formula is C7H11N5O2. The SMILES string of the molecule is NC(=O)OCCNc1cnc(N)cn1. The second-order valence-corrected chi connectivity index (χ2v) is 2.42. The number of nitrogen functional groups attached to an aromatic ring is 1. The van der Waals surface area contributed by atoms with Crippen LogP contribution in [0, 0.1) is 0 Å². The molecule has 1 heterocycles. The number of carbonyl (C=O) groups is 1. The highest BCUT2D eigenvalue weighted by Crippen LogP contribution is 2.00. The van der Waals surface area contributed by atoms with Gasteiger partial charge < -0.3 is 21.5 Å². The van der Waals surface area contributed by atoms with Crippen molar-refractivity contribution in [1.82, 2.24) is 9.97 Å². The number of aromatic nitrogens is 2. The van der Waals surface area contributed by atoms with Gasteiger partial charge in [0.25, 0.3) is 0 Å². The number of carbonyl (C=O) groups excluding carboxylic acids is 1. The number of nitrogens with two attached hydrogens (primary N) is 2. The first-order valence-corrected chi connectivity index (χ1v) is 3.92. The van der Waals surface area contributed by atoms with Crippen LogP contribution in [-0.2, 0) is 4.74 Å². The van der Waals surface area contributed by atoms with Crippen LogP contribution < -0.4 is 16.8 Å². The number of nitrogens with zero attached hydrogens (tertiary/aromatic N) is 2. The summed E-state index contributed by atoms with van der Waals surface area (Å²) >= 11 is 0. The van der Waals surface area contributed by atoms with Crippen molar-refractivity contribution in [1.29, 1.82) is 0 Å². The third kappa shape index (κ3) is 3.57. The molecule has 1 aromatic rings. The summed E-state index contributed by atoms with van der Waals surface area (Å²) in [6.07, 6.45) is 2.12. The van der Waals surface area contributed by atoms with Gasteiger partial charge in [-0.3, -0.25) is 0 Å². The van der Waals surface area contributed by atoms with Gasteiger partial charge in [0, 0.05) is 0 Å².